The van der Waals surface area contributed by atoms with Crippen LogP contribution in [0.3, 0.4) is 0 Å². The van der Waals surface area contributed by atoms with E-state index in [2.05, 4.69) is 21.6 Å². The lowest BCUT2D eigenvalue weighted by Crippen LogP contribution is -2.12. The molecule has 3 rings (SSSR count). The lowest BCUT2D eigenvalue weighted by Gasteiger charge is -2.11. The zero-order chi connectivity index (χ0) is 16.1. The fourth-order valence-corrected chi connectivity index (χ4v) is 2.34. The van der Waals surface area contributed by atoms with Crippen LogP contribution in [0.25, 0.3) is 0 Å². The number of nitriles is 1. The number of nitrogens with one attached hydrogen (secondary N) is 1. The molecule has 0 fully saturated rings. The Morgan fingerprint density at radius 1 is 1.13 bits per heavy atom. The molecule has 0 spiro atoms. The molecule has 0 unspecified atom stereocenters. The van der Waals surface area contributed by atoms with Crippen LogP contribution in [0.5, 0.6) is 11.5 Å². The Kier molecular flexibility index (Phi) is 4.27. The Morgan fingerprint density at radius 3 is 2.61 bits per heavy atom. The van der Waals surface area contributed by atoms with Crippen LogP contribution in [0.15, 0.2) is 54.0 Å². The summed E-state index contributed by atoms with van der Waals surface area (Å²) >= 11 is 1.22. The summed E-state index contributed by atoms with van der Waals surface area (Å²) in [6.45, 7) is 0. The predicted molar refractivity (Wildman–Crippen MR) is 85.5 cm³/mol. The summed E-state index contributed by atoms with van der Waals surface area (Å²) in [7, 11) is 0. The van der Waals surface area contributed by atoms with Crippen molar-refractivity contribution in [1.82, 2.24) is 10.2 Å². The van der Waals surface area contributed by atoms with Crippen molar-refractivity contribution < 1.29 is 9.53 Å². The maximum atomic E-state index is 12.4. The third-order valence-electron chi connectivity index (χ3n) is 2.94. The second-order valence-corrected chi connectivity index (χ2v) is 5.24. The van der Waals surface area contributed by atoms with E-state index in [1.807, 2.05) is 0 Å². The number of aromatic nitrogens is 2. The van der Waals surface area contributed by atoms with Gasteiger partial charge in [0, 0.05) is 0 Å². The molecule has 23 heavy (non-hydrogen) atoms. The Morgan fingerprint density at radius 2 is 1.87 bits per heavy atom. The van der Waals surface area contributed by atoms with Gasteiger partial charge in [-0.2, -0.15) is 5.26 Å². The number of nitrogens with zero attached hydrogens (tertiary/aromatic N) is 3. The smallest absolute Gasteiger partial charge is 0.261 e. The minimum atomic E-state index is -0.355. The molecule has 0 aliphatic rings. The van der Waals surface area contributed by atoms with Crippen molar-refractivity contribution >= 4 is 22.4 Å². The zero-order valence-corrected chi connectivity index (χ0v) is 12.6. The third kappa shape index (κ3) is 3.33. The number of para-hydroxylation sites is 2. The Bertz CT molecular complexity index is 872. The second-order valence-electron chi connectivity index (χ2n) is 4.40. The molecule has 0 aliphatic carbocycles. The molecule has 6 nitrogen and oxygen atoms in total. The van der Waals surface area contributed by atoms with Crippen molar-refractivity contribution in [3.05, 3.63) is 65.2 Å². The second kappa shape index (κ2) is 6.68. The number of amides is 1. The van der Waals surface area contributed by atoms with E-state index in [1.54, 1.807) is 48.5 Å². The molecular weight excluding hydrogens is 312 g/mol. The number of rotatable bonds is 4. The first-order chi connectivity index (χ1) is 11.3. The number of hydrogen-bond donors (Lipinski definition) is 1. The molecule has 1 aromatic heterocycles. The highest BCUT2D eigenvalue weighted by Crippen LogP contribution is 2.28. The number of anilines is 1. The molecule has 0 atom stereocenters. The van der Waals surface area contributed by atoms with Crippen LogP contribution >= 0.6 is 11.3 Å². The summed E-state index contributed by atoms with van der Waals surface area (Å²) < 4.78 is 5.76. The highest BCUT2D eigenvalue weighted by atomic mass is 32.1. The SMILES string of the molecule is N#Cc1ccccc1Oc1ccccc1C(=O)Nc1nncs1. The van der Waals surface area contributed by atoms with Crippen molar-refractivity contribution in [3.8, 4) is 17.6 Å². The molecule has 1 heterocycles. The van der Waals surface area contributed by atoms with Crippen molar-refractivity contribution in [2.75, 3.05) is 5.32 Å². The van der Waals surface area contributed by atoms with Crippen molar-refractivity contribution in [2.24, 2.45) is 0 Å². The van der Waals surface area contributed by atoms with E-state index in [9.17, 15) is 4.79 Å². The van der Waals surface area contributed by atoms with Crippen molar-refractivity contribution in [2.45, 2.75) is 0 Å². The molecule has 0 bridgehead atoms. The fourth-order valence-electron chi connectivity index (χ4n) is 1.90. The summed E-state index contributed by atoms with van der Waals surface area (Å²) in [5, 5.41) is 19.6. The monoisotopic (exact) mass is 322 g/mol. The quantitative estimate of drug-likeness (QED) is 0.794. The van der Waals surface area contributed by atoms with Crippen LogP contribution in [0.2, 0.25) is 0 Å². The van der Waals surface area contributed by atoms with Gasteiger partial charge >= 0.3 is 0 Å². The fraction of sp³-hybridized carbons (Fsp3) is 0. The number of hydrogen-bond acceptors (Lipinski definition) is 6. The summed E-state index contributed by atoms with van der Waals surface area (Å²) in [6, 6.07) is 15.7. The van der Waals surface area contributed by atoms with Gasteiger partial charge in [0.05, 0.1) is 11.1 Å². The van der Waals surface area contributed by atoms with E-state index in [-0.39, 0.29) is 5.91 Å². The van der Waals surface area contributed by atoms with Crippen molar-refractivity contribution in [1.29, 1.82) is 5.26 Å². The Labute approximate surface area is 136 Å². The van der Waals surface area contributed by atoms with E-state index in [4.69, 9.17) is 10.00 Å². The predicted octanol–water partition coefficient (Wildman–Crippen LogP) is 3.45. The van der Waals surface area contributed by atoms with Gasteiger partial charge in [-0.1, -0.05) is 35.6 Å². The summed E-state index contributed by atoms with van der Waals surface area (Å²) in [6.07, 6.45) is 0. The minimum absolute atomic E-state index is 0.343. The number of ether oxygens (including phenoxy) is 1. The van der Waals surface area contributed by atoms with Gasteiger partial charge in [-0.25, -0.2) is 0 Å². The van der Waals surface area contributed by atoms with Gasteiger partial charge in [-0.3, -0.25) is 10.1 Å². The first kappa shape index (κ1) is 14.7. The van der Waals surface area contributed by atoms with Gasteiger partial charge in [-0.05, 0) is 24.3 Å². The van der Waals surface area contributed by atoms with Gasteiger partial charge in [-0.15, -0.1) is 10.2 Å². The normalized spacial score (nSPS) is 9.87. The average Bonchev–Trinajstić information content (AvgIpc) is 3.09. The highest BCUT2D eigenvalue weighted by molar-refractivity contribution is 7.13. The highest BCUT2D eigenvalue weighted by Gasteiger charge is 2.15. The molecule has 0 saturated heterocycles. The summed E-state index contributed by atoms with van der Waals surface area (Å²) in [4.78, 5) is 12.4. The third-order valence-corrected chi connectivity index (χ3v) is 3.55. The number of carbonyl (C=O) groups is 1. The number of benzene rings is 2. The summed E-state index contributed by atoms with van der Waals surface area (Å²) in [5.41, 5.74) is 2.27. The van der Waals surface area contributed by atoms with E-state index in [1.165, 1.54) is 16.8 Å². The molecule has 2 aromatic carbocycles. The summed E-state index contributed by atoms with van der Waals surface area (Å²) in [5.74, 6) is 0.398. The van der Waals surface area contributed by atoms with Gasteiger partial charge in [0.25, 0.3) is 5.91 Å². The molecule has 0 saturated carbocycles. The lowest BCUT2D eigenvalue weighted by atomic mass is 10.1. The topological polar surface area (TPSA) is 87.9 Å². The van der Waals surface area contributed by atoms with Crippen LogP contribution in [-0.2, 0) is 0 Å². The standard InChI is InChI=1S/C16H10N4O2S/c17-9-11-5-1-3-7-13(11)22-14-8-4-2-6-12(14)15(21)19-16-20-18-10-23-16/h1-8,10H,(H,19,20,21). The average molecular weight is 322 g/mol. The van der Waals surface area contributed by atoms with Crippen LogP contribution in [0.1, 0.15) is 15.9 Å². The minimum Gasteiger partial charge on any atom is -0.455 e. The van der Waals surface area contributed by atoms with E-state index < -0.39 is 0 Å². The van der Waals surface area contributed by atoms with Crippen LogP contribution < -0.4 is 10.1 Å². The van der Waals surface area contributed by atoms with Crippen LogP contribution in [-0.4, -0.2) is 16.1 Å². The molecule has 1 N–H and O–H groups in total. The first-order valence-electron chi connectivity index (χ1n) is 6.61. The maximum Gasteiger partial charge on any atom is 0.261 e. The molecule has 3 aromatic rings. The van der Waals surface area contributed by atoms with Gasteiger partial charge in [0.2, 0.25) is 5.13 Å². The molecule has 0 radical (unpaired) electrons. The molecule has 7 heteroatoms. The molecule has 1 amide bonds. The maximum absolute atomic E-state index is 12.4. The molecular formula is C16H10N4O2S. The number of carbonyl (C=O) groups excluding carboxylic acids is 1. The largest absolute Gasteiger partial charge is 0.455 e. The van der Waals surface area contributed by atoms with Crippen LogP contribution in [0, 0.1) is 11.3 Å². The molecule has 0 aliphatic heterocycles. The Balaban J connectivity index is 1.89. The molecule has 112 valence electrons. The van der Waals surface area contributed by atoms with E-state index in [0.717, 1.165) is 0 Å². The lowest BCUT2D eigenvalue weighted by molar-refractivity contribution is 0.102. The Hall–Kier alpha value is -3.24. The van der Waals surface area contributed by atoms with Gasteiger partial charge < -0.3 is 4.74 Å². The van der Waals surface area contributed by atoms with E-state index >= 15 is 0 Å². The van der Waals surface area contributed by atoms with Crippen molar-refractivity contribution in [3.63, 3.8) is 0 Å². The zero-order valence-electron chi connectivity index (χ0n) is 11.8. The van der Waals surface area contributed by atoms with Gasteiger partial charge in [0.15, 0.2) is 0 Å². The van der Waals surface area contributed by atoms with Crippen LogP contribution in [0.4, 0.5) is 5.13 Å². The van der Waals surface area contributed by atoms with E-state index in [0.29, 0.717) is 27.8 Å². The first-order valence-corrected chi connectivity index (χ1v) is 7.49. The van der Waals surface area contributed by atoms with Gasteiger partial charge in [0.1, 0.15) is 23.1 Å².